The first-order valence-corrected chi connectivity index (χ1v) is 7.09. The zero-order chi connectivity index (χ0) is 15.1. The monoisotopic (exact) mass is 268 g/mol. The highest BCUT2D eigenvalue weighted by Gasteiger charge is 2.36. The molecule has 19 heavy (non-hydrogen) atoms. The summed E-state index contributed by atoms with van der Waals surface area (Å²) in [4.78, 5) is 0. The minimum Gasteiger partial charge on any atom is -0.388 e. The highest BCUT2D eigenvalue weighted by molar-refractivity contribution is 5.20. The molecule has 0 aliphatic heterocycles. The molecule has 0 aromatic heterocycles. The van der Waals surface area contributed by atoms with Crippen molar-refractivity contribution in [1.82, 2.24) is 0 Å². The van der Waals surface area contributed by atoms with Crippen LogP contribution in [0.2, 0.25) is 0 Å². The molecule has 2 heteroatoms. The smallest absolute Gasteiger partial charge is 0.0724 e. The van der Waals surface area contributed by atoms with Crippen molar-refractivity contribution in [2.24, 2.45) is 17.3 Å². The van der Waals surface area contributed by atoms with Crippen molar-refractivity contribution in [3.05, 3.63) is 23.8 Å². The van der Waals surface area contributed by atoms with E-state index < -0.39 is 0 Å². The molecule has 112 valence electrons. The highest BCUT2D eigenvalue weighted by Crippen LogP contribution is 2.45. The van der Waals surface area contributed by atoms with Crippen molar-refractivity contribution >= 4 is 0 Å². The first kappa shape index (κ1) is 18.4. The molecule has 3 atom stereocenters. The summed E-state index contributed by atoms with van der Waals surface area (Å²) in [5.41, 5.74) is 1.85. The Kier molecular flexibility index (Phi) is 8.28. The Labute approximate surface area is 119 Å². The second-order valence-electron chi connectivity index (χ2n) is 6.12. The molecule has 0 aromatic rings. The Bertz CT molecular complexity index is 302. The third kappa shape index (κ3) is 5.50. The van der Waals surface area contributed by atoms with Gasteiger partial charge in [0.25, 0.3) is 0 Å². The van der Waals surface area contributed by atoms with Gasteiger partial charge in [-0.25, -0.2) is 0 Å². The molecule has 0 heterocycles. The van der Waals surface area contributed by atoms with Crippen LogP contribution in [-0.4, -0.2) is 27.4 Å². The van der Waals surface area contributed by atoms with Crippen molar-refractivity contribution in [2.45, 2.75) is 47.1 Å². The van der Waals surface area contributed by atoms with E-state index in [9.17, 15) is 0 Å². The first-order chi connectivity index (χ1) is 8.81. The highest BCUT2D eigenvalue weighted by atomic mass is 16.5. The summed E-state index contributed by atoms with van der Waals surface area (Å²) in [6.45, 7) is 11.4. The van der Waals surface area contributed by atoms with Gasteiger partial charge in [0.1, 0.15) is 0 Å². The maximum absolute atomic E-state index is 5.27. The molecule has 3 unspecified atom stereocenters. The van der Waals surface area contributed by atoms with E-state index in [4.69, 9.17) is 4.74 Å². The van der Waals surface area contributed by atoms with Gasteiger partial charge in [0.15, 0.2) is 0 Å². The molecular weight excluding hydrogens is 236 g/mol. The van der Waals surface area contributed by atoms with Crippen molar-refractivity contribution in [3.8, 4) is 0 Å². The zero-order valence-corrected chi connectivity index (χ0v) is 14.0. The van der Waals surface area contributed by atoms with Gasteiger partial charge in [-0.05, 0) is 31.6 Å². The van der Waals surface area contributed by atoms with Crippen molar-refractivity contribution < 1.29 is 9.47 Å². The summed E-state index contributed by atoms with van der Waals surface area (Å²) >= 11 is 0. The van der Waals surface area contributed by atoms with Crippen LogP contribution in [0.5, 0.6) is 0 Å². The molecule has 0 saturated carbocycles. The molecule has 0 aromatic carbocycles. The van der Waals surface area contributed by atoms with Gasteiger partial charge < -0.3 is 9.47 Å². The molecule has 0 bridgehead atoms. The van der Waals surface area contributed by atoms with Gasteiger partial charge in [0, 0.05) is 27.2 Å². The van der Waals surface area contributed by atoms with E-state index in [1.807, 2.05) is 0 Å². The maximum Gasteiger partial charge on any atom is 0.0724 e. The second-order valence-corrected chi connectivity index (χ2v) is 6.12. The van der Waals surface area contributed by atoms with Crippen molar-refractivity contribution in [1.29, 1.82) is 0 Å². The van der Waals surface area contributed by atoms with Gasteiger partial charge in [0.2, 0.25) is 0 Å². The first-order valence-electron chi connectivity index (χ1n) is 7.09. The van der Waals surface area contributed by atoms with Crippen LogP contribution in [0.1, 0.15) is 41.0 Å². The predicted octanol–water partition coefficient (Wildman–Crippen LogP) is 4.47. The lowest BCUT2D eigenvalue weighted by Crippen LogP contribution is -2.33. The third-order valence-electron chi connectivity index (χ3n) is 4.30. The zero-order valence-electron chi connectivity index (χ0n) is 14.0. The average molecular weight is 268 g/mol. The molecule has 0 spiro atoms. The van der Waals surface area contributed by atoms with Gasteiger partial charge in [-0.2, -0.15) is 0 Å². The summed E-state index contributed by atoms with van der Waals surface area (Å²) in [5.74, 6) is 1.29. The van der Waals surface area contributed by atoms with Crippen LogP contribution in [0.25, 0.3) is 0 Å². The molecule has 1 aliphatic rings. The Hall–Kier alpha value is -0.600. The number of hydrogen-bond donors (Lipinski definition) is 0. The quantitative estimate of drug-likeness (QED) is 0.703. The Morgan fingerprint density at radius 2 is 1.84 bits per heavy atom. The Morgan fingerprint density at radius 3 is 2.32 bits per heavy atom. The van der Waals surface area contributed by atoms with Gasteiger partial charge in [-0.1, -0.05) is 44.6 Å². The second kappa shape index (κ2) is 8.55. The van der Waals surface area contributed by atoms with E-state index in [-0.39, 0.29) is 6.10 Å². The van der Waals surface area contributed by atoms with Crippen LogP contribution in [0, 0.1) is 17.3 Å². The minimum atomic E-state index is 0.209. The van der Waals surface area contributed by atoms with E-state index in [1.165, 1.54) is 12.0 Å². The van der Waals surface area contributed by atoms with E-state index in [1.54, 1.807) is 21.3 Å². The van der Waals surface area contributed by atoms with Gasteiger partial charge >= 0.3 is 0 Å². The molecule has 0 N–H and O–H groups in total. The van der Waals surface area contributed by atoms with Crippen LogP contribution in [0.15, 0.2) is 23.8 Å². The van der Waals surface area contributed by atoms with E-state index >= 15 is 0 Å². The standard InChI is InChI=1S/C15H26O.C2H6O/c1-11-7-8-12(2)15(4,5)14(11)10-9-13(3)16-6;1-3-2/h7,9-10,12-14H,8H2,1-6H3;1-2H3/b10-9+;. The van der Waals surface area contributed by atoms with Crippen LogP contribution in [0.4, 0.5) is 0 Å². The van der Waals surface area contributed by atoms with Crippen LogP contribution < -0.4 is 0 Å². The van der Waals surface area contributed by atoms with Crippen LogP contribution in [-0.2, 0) is 9.47 Å². The van der Waals surface area contributed by atoms with Gasteiger partial charge in [0.05, 0.1) is 6.10 Å². The minimum absolute atomic E-state index is 0.209. The summed E-state index contributed by atoms with van der Waals surface area (Å²) in [5, 5.41) is 0. The Morgan fingerprint density at radius 1 is 1.32 bits per heavy atom. The molecule has 0 radical (unpaired) electrons. The van der Waals surface area contributed by atoms with E-state index in [0.717, 1.165) is 5.92 Å². The third-order valence-corrected chi connectivity index (χ3v) is 4.30. The van der Waals surface area contributed by atoms with Gasteiger partial charge in [-0.15, -0.1) is 0 Å². The number of allylic oxidation sites excluding steroid dienone is 3. The summed E-state index contributed by atoms with van der Waals surface area (Å²) in [6, 6.07) is 0. The lowest BCUT2D eigenvalue weighted by molar-refractivity contribution is 0.149. The molecular formula is C17H32O2. The normalized spacial score (nSPS) is 27.5. The van der Waals surface area contributed by atoms with Crippen molar-refractivity contribution in [3.63, 3.8) is 0 Å². The predicted molar refractivity (Wildman–Crippen MR) is 83.4 cm³/mol. The molecule has 0 saturated heterocycles. The fourth-order valence-corrected chi connectivity index (χ4v) is 2.43. The summed E-state index contributed by atoms with van der Waals surface area (Å²) in [7, 11) is 5.01. The summed E-state index contributed by atoms with van der Waals surface area (Å²) < 4.78 is 9.52. The fraction of sp³-hybridized carbons (Fsp3) is 0.765. The topological polar surface area (TPSA) is 18.5 Å². The van der Waals surface area contributed by atoms with Crippen molar-refractivity contribution in [2.75, 3.05) is 21.3 Å². The fourth-order valence-electron chi connectivity index (χ4n) is 2.43. The largest absolute Gasteiger partial charge is 0.388 e. The van der Waals surface area contributed by atoms with Crippen LogP contribution in [0.3, 0.4) is 0 Å². The molecule has 0 amide bonds. The number of ether oxygens (including phenoxy) is 2. The molecule has 1 rings (SSSR count). The number of rotatable bonds is 3. The lowest BCUT2D eigenvalue weighted by atomic mass is 9.63. The average Bonchev–Trinajstić information content (AvgIpc) is 2.34. The molecule has 1 aliphatic carbocycles. The molecule has 2 nitrogen and oxygen atoms in total. The van der Waals surface area contributed by atoms with Crippen LogP contribution >= 0.6 is 0 Å². The maximum atomic E-state index is 5.27. The SMILES string of the molecule is COC.COC(C)/C=C/C1C(C)=CCC(C)C1(C)C. The summed E-state index contributed by atoms with van der Waals surface area (Å²) in [6.07, 6.45) is 8.32. The molecule has 0 fully saturated rings. The number of hydrogen-bond acceptors (Lipinski definition) is 2. The van der Waals surface area contributed by atoms with E-state index in [2.05, 4.69) is 57.6 Å². The lowest BCUT2D eigenvalue weighted by Gasteiger charge is -2.42. The number of methoxy groups -OCH3 is 2. The Balaban J connectivity index is 0.000000982. The van der Waals surface area contributed by atoms with Gasteiger partial charge in [-0.3, -0.25) is 0 Å². The van der Waals surface area contributed by atoms with E-state index in [0.29, 0.717) is 11.3 Å².